The molecule has 0 radical (unpaired) electrons. The summed E-state index contributed by atoms with van der Waals surface area (Å²) in [6.07, 6.45) is 1.10. The van der Waals surface area contributed by atoms with Crippen LogP contribution in [0.2, 0.25) is 0 Å². The zero-order chi connectivity index (χ0) is 26.2. The lowest BCUT2D eigenvalue weighted by Crippen LogP contribution is -2.44. The fourth-order valence-electron chi connectivity index (χ4n) is 2.52. The van der Waals surface area contributed by atoms with Crippen LogP contribution in [0.5, 0.6) is 0 Å². The van der Waals surface area contributed by atoms with Crippen molar-refractivity contribution in [3.63, 3.8) is 0 Å². The molecule has 0 aliphatic heterocycles. The average molecular weight is 481 g/mol. The topological polar surface area (TPSA) is 200 Å². The first-order valence-electron chi connectivity index (χ1n) is 9.97. The van der Waals surface area contributed by atoms with E-state index in [0.29, 0.717) is 0 Å². The van der Waals surface area contributed by atoms with E-state index in [1.54, 1.807) is 34.6 Å². The molecule has 0 saturated carbocycles. The number of nitro benzene ring substituents is 2. The highest BCUT2D eigenvalue weighted by molar-refractivity contribution is 5.80. The lowest BCUT2D eigenvalue weighted by Gasteiger charge is -2.22. The number of benzene rings is 1. The molecule has 2 rings (SSSR count). The van der Waals surface area contributed by atoms with Gasteiger partial charge in [-0.25, -0.2) is 14.6 Å². The van der Waals surface area contributed by atoms with Gasteiger partial charge >= 0.3 is 12.1 Å². The van der Waals surface area contributed by atoms with Crippen LogP contribution in [0.4, 0.5) is 16.2 Å². The van der Waals surface area contributed by atoms with Crippen molar-refractivity contribution >= 4 is 23.4 Å². The molecule has 0 saturated heterocycles. The van der Waals surface area contributed by atoms with Crippen molar-refractivity contribution in [2.45, 2.75) is 58.8 Å². The highest BCUT2D eigenvalue weighted by atomic mass is 16.6. The van der Waals surface area contributed by atoms with Gasteiger partial charge in [0.25, 0.3) is 11.4 Å². The number of rotatable bonds is 7. The molecule has 14 nitrogen and oxygen atoms in total. The van der Waals surface area contributed by atoms with Crippen LogP contribution >= 0.6 is 0 Å². The number of amides is 1. The third kappa shape index (κ3) is 8.82. The molecule has 1 aromatic carbocycles. The van der Waals surface area contributed by atoms with Gasteiger partial charge in [-0.1, -0.05) is 0 Å². The Balaban J connectivity index is 0.00000133. The smallest absolute Gasteiger partial charge is 0.408 e. The van der Waals surface area contributed by atoms with Gasteiger partial charge in [-0.15, -0.1) is 0 Å². The number of aliphatic carboxylic acids is 1. The van der Waals surface area contributed by atoms with E-state index in [1.165, 1.54) is 23.2 Å². The van der Waals surface area contributed by atoms with E-state index in [-0.39, 0.29) is 23.9 Å². The summed E-state index contributed by atoms with van der Waals surface area (Å²) in [6, 6.07) is 1.64. The quantitative estimate of drug-likeness (QED) is 0.390. The van der Waals surface area contributed by atoms with Gasteiger partial charge in [-0.05, 0) is 40.7 Å². The Morgan fingerprint density at radius 1 is 1.21 bits per heavy atom. The van der Waals surface area contributed by atoms with Gasteiger partial charge in [-0.2, -0.15) is 0 Å². The van der Waals surface area contributed by atoms with Crippen molar-refractivity contribution in [1.82, 2.24) is 14.9 Å². The van der Waals surface area contributed by atoms with Gasteiger partial charge < -0.3 is 20.3 Å². The summed E-state index contributed by atoms with van der Waals surface area (Å²) in [7, 11) is 0. The molecule has 1 aromatic heterocycles. The maximum absolute atomic E-state index is 11.9. The van der Waals surface area contributed by atoms with Gasteiger partial charge in [0, 0.05) is 30.5 Å². The van der Waals surface area contributed by atoms with Gasteiger partial charge in [0.2, 0.25) is 0 Å². The molecule has 34 heavy (non-hydrogen) atoms. The third-order valence-corrected chi connectivity index (χ3v) is 3.74. The molecule has 186 valence electrons. The number of aromatic nitrogens is 2. The number of carbonyl (C=O) groups is 2. The first kappa shape index (κ1) is 28.0. The summed E-state index contributed by atoms with van der Waals surface area (Å²) in [4.78, 5) is 48.1. The molecule has 0 fully saturated rings. The van der Waals surface area contributed by atoms with Crippen molar-refractivity contribution < 1.29 is 34.4 Å². The Labute approximate surface area is 194 Å². The SMILES string of the molecule is CC(C)(C)OC(=O)N[C@@H](Cc1cncn1-c1ccc([N+](=O)[O-])cc1[N+](=O)[O-])C(=O)O.CC(C)O. The standard InChI is InChI=1S/C17H19N5O8.C3H8O/c1-17(2,3)30-16(25)19-12(15(23)24)6-11-8-18-9-20(11)13-5-4-10(21(26)27)7-14(13)22(28)29;1-3(2)4/h4-5,7-9,12H,6H2,1-3H3,(H,19,25)(H,23,24);3-4H,1-2H3/t12-;/m0./s1. The molecule has 2 aromatic rings. The summed E-state index contributed by atoms with van der Waals surface area (Å²) >= 11 is 0. The number of aliphatic hydroxyl groups is 1. The first-order chi connectivity index (χ1) is 15.6. The number of nitrogens with zero attached hydrogens (tertiary/aromatic N) is 4. The van der Waals surface area contributed by atoms with Gasteiger partial charge in [0.1, 0.15) is 17.3 Å². The molecule has 1 heterocycles. The predicted octanol–water partition coefficient (Wildman–Crippen LogP) is 2.60. The second-order valence-corrected chi connectivity index (χ2v) is 8.28. The van der Waals surface area contributed by atoms with Crippen LogP contribution in [-0.4, -0.2) is 59.4 Å². The van der Waals surface area contributed by atoms with E-state index in [9.17, 15) is 34.9 Å². The maximum atomic E-state index is 11.9. The lowest BCUT2D eigenvalue weighted by molar-refractivity contribution is -0.394. The predicted molar refractivity (Wildman–Crippen MR) is 119 cm³/mol. The highest BCUT2D eigenvalue weighted by Gasteiger charge is 2.27. The van der Waals surface area contributed by atoms with Crippen LogP contribution < -0.4 is 5.32 Å². The zero-order valence-electron chi connectivity index (χ0n) is 19.3. The number of aliphatic hydroxyl groups excluding tert-OH is 1. The van der Waals surface area contributed by atoms with Crippen molar-refractivity contribution in [1.29, 1.82) is 0 Å². The minimum Gasteiger partial charge on any atom is -0.480 e. The third-order valence-electron chi connectivity index (χ3n) is 3.74. The van der Waals surface area contributed by atoms with E-state index in [1.807, 2.05) is 0 Å². The number of ether oxygens (including phenoxy) is 1. The lowest BCUT2D eigenvalue weighted by atomic mass is 10.1. The Kier molecular flexibility index (Phi) is 9.62. The first-order valence-corrected chi connectivity index (χ1v) is 9.97. The molecule has 0 aliphatic rings. The number of nitro groups is 2. The number of carbonyl (C=O) groups excluding carboxylic acids is 1. The van der Waals surface area contributed by atoms with Crippen LogP contribution in [0.25, 0.3) is 5.69 Å². The molecule has 1 amide bonds. The van der Waals surface area contributed by atoms with E-state index in [0.717, 1.165) is 12.1 Å². The average Bonchev–Trinajstić information content (AvgIpc) is 3.12. The molecular formula is C20H27N5O9. The second kappa shape index (κ2) is 11.7. The normalized spacial score (nSPS) is 11.7. The van der Waals surface area contributed by atoms with E-state index < -0.39 is 44.9 Å². The maximum Gasteiger partial charge on any atom is 0.408 e. The van der Waals surface area contributed by atoms with Crippen LogP contribution in [0.1, 0.15) is 40.3 Å². The Morgan fingerprint density at radius 2 is 1.79 bits per heavy atom. The highest BCUT2D eigenvalue weighted by Crippen LogP contribution is 2.29. The number of imidazole rings is 1. The van der Waals surface area contributed by atoms with Crippen LogP contribution in [-0.2, 0) is 16.0 Å². The van der Waals surface area contributed by atoms with Crippen molar-refractivity contribution in [3.8, 4) is 5.69 Å². The number of carboxylic acid groups (broad SMARTS) is 1. The van der Waals surface area contributed by atoms with Crippen molar-refractivity contribution in [3.05, 3.63) is 56.6 Å². The summed E-state index contributed by atoms with van der Waals surface area (Å²) in [5.74, 6) is -1.35. The number of non-ortho nitro benzene ring substituents is 1. The number of alkyl carbamates (subject to hydrolysis) is 1. The minimum atomic E-state index is -1.41. The molecule has 14 heteroatoms. The fourth-order valence-corrected chi connectivity index (χ4v) is 2.52. The summed E-state index contributed by atoms with van der Waals surface area (Å²) in [5, 5.41) is 42.0. The van der Waals surface area contributed by atoms with E-state index in [2.05, 4.69) is 10.3 Å². The molecule has 0 unspecified atom stereocenters. The van der Waals surface area contributed by atoms with E-state index >= 15 is 0 Å². The van der Waals surface area contributed by atoms with Gasteiger partial charge in [0.05, 0.1) is 22.2 Å². The molecule has 0 aliphatic carbocycles. The number of carboxylic acids is 1. The van der Waals surface area contributed by atoms with Crippen LogP contribution in [0.15, 0.2) is 30.7 Å². The fraction of sp³-hybridized carbons (Fsp3) is 0.450. The summed E-state index contributed by atoms with van der Waals surface area (Å²) in [6.45, 7) is 8.29. The van der Waals surface area contributed by atoms with Gasteiger partial charge in [0.15, 0.2) is 0 Å². The Morgan fingerprint density at radius 3 is 2.26 bits per heavy atom. The van der Waals surface area contributed by atoms with E-state index in [4.69, 9.17) is 9.84 Å². The minimum absolute atomic E-state index is 0.0421. The largest absolute Gasteiger partial charge is 0.480 e. The molecule has 0 spiro atoms. The van der Waals surface area contributed by atoms with Crippen molar-refractivity contribution in [2.75, 3.05) is 0 Å². The van der Waals surface area contributed by atoms with Gasteiger partial charge in [-0.3, -0.25) is 24.8 Å². The summed E-state index contributed by atoms with van der Waals surface area (Å²) in [5.41, 5.74) is -1.69. The number of nitrogens with one attached hydrogen (secondary N) is 1. The molecule has 3 N–H and O–H groups in total. The van der Waals surface area contributed by atoms with Crippen molar-refractivity contribution in [2.24, 2.45) is 0 Å². The molecule has 0 bridgehead atoms. The Hall–Kier alpha value is -4.07. The summed E-state index contributed by atoms with van der Waals surface area (Å²) < 4.78 is 6.28. The van der Waals surface area contributed by atoms with Crippen LogP contribution in [0.3, 0.4) is 0 Å². The molecular weight excluding hydrogens is 454 g/mol. The zero-order valence-corrected chi connectivity index (χ0v) is 19.3. The Bertz CT molecular complexity index is 1040. The number of hydrogen-bond acceptors (Lipinski definition) is 9. The number of hydrogen-bond donors (Lipinski definition) is 3. The second-order valence-electron chi connectivity index (χ2n) is 8.28. The van der Waals surface area contributed by atoms with Crippen LogP contribution in [0, 0.1) is 20.2 Å². The monoisotopic (exact) mass is 481 g/mol. The molecule has 1 atom stereocenters.